The summed E-state index contributed by atoms with van der Waals surface area (Å²) in [4.78, 5) is 3.74. The van der Waals surface area contributed by atoms with Crippen molar-refractivity contribution in [3.63, 3.8) is 0 Å². The fourth-order valence-electron chi connectivity index (χ4n) is 3.25. The molecule has 0 atom stereocenters. The number of aromatic nitrogens is 2. The average molecular weight is 307 g/mol. The maximum atomic E-state index is 13.3. The second-order valence-corrected chi connectivity index (χ2v) is 5.87. The van der Waals surface area contributed by atoms with E-state index in [9.17, 15) is 13.2 Å². The molecule has 0 unspecified atom stereocenters. The monoisotopic (exact) mass is 307 g/mol. The van der Waals surface area contributed by atoms with Crippen LogP contribution < -0.4 is 0 Å². The van der Waals surface area contributed by atoms with Gasteiger partial charge in [-0.3, -0.25) is 0 Å². The van der Waals surface area contributed by atoms with Crippen molar-refractivity contribution in [1.82, 2.24) is 9.38 Å². The van der Waals surface area contributed by atoms with E-state index in [1.807, 2.05) is 6.07 Å². The SMILES string of the molecule is N#Cc1ccn2c(CC3CCCCC3)c(C(F)(F)F)nc2c1. The minimum atomic E-state index is -4.47. The molecule has 1 saturated carbocycles. The quantitative estimate of drug-likeness (QED) is 0.827. The zero-order valence-electron chi connectivity index (χ0n) is 12.0. The maximum Gasteiger partial charge on any atom is 0.435 e. The number of nitriles is 1. The van der Waals surface area contributed by atoms with Crippen LogP contribution >= 0.6 is 0 Å². The highest BCUT2D eigenvalue weighted by Crippen LogP contribution is 2.35. The van der Waals surface area contributed by atoms with Crippen LogP contribution in [0.2, 0.25) is 0 Å². The van der Waals surface area contributed by atoms with Gasteiger partial charge in [0.25, 0.3) is 0 Å². The van der Waals surface area contributed by atoms with Crippen LogP contribution in [0, 0.1) is 17.2 Å². The van der Waals surface area contributed by atoms with Crippen LogP contribution in [0.4, 0.5) is 13.2 Å². The molecular formula is C16H16F3N3. The van der Waals surface area contributed by atoms with Crippen LogP contribution in [0.5, 0.6) is 0 Å². The number of fused-ring (bicyclic) bond motifs is 1. The fourth-order valence-corrected chi connectivity index (χ4v) is 3.25. The molecule has 2 aromatic rings. The van der Waals surface area contributed by atoms with Crippen LogP contribution in [-0.2, 0) is 12.6 Å². The van der Waals surface area contributed by atoms with Gasteiger partial charge in [-0.15, -0.1) is 0 Å². The fraction of sp³-hybridized carbons (Fsp3) is 0.500. The van der Waals surface area contributed by atoms with Gasteiger partial charge in [-0.1, -0.05) is 32.1 Å². The van der Waals surface area contributed by atoms with Gasteiger partial charge >= 0.3 is 6.18 Å². The topological polar surface area (TPSA) is 41.1 Å². The lowest BCUT2D eigenvalue weighted by Gasteiger charge is -2.22. The number of rotatable bonds is 2. The number of nitrogens with zero attached hydrogens (tertiary/aromatic N) is 3. The Hall–Kier alpha value is -2.03. The van der Waals surface area contributed by atoms with Gasteiger partial charge in [-0.2, -0.15) is 18.4 Å². The average Bonchev–Trinajstić information content (AvgIpc) is 2.86. The summed E-state index contributed by atoms with van der Waals surface area (Å²) in [6.07, 6.45) is 2.73. The lowest BCUT2D eigenvalue weighted by Crippen LogP contribution is -2.15. The van der Waals surface area contributed by atoms with Gasteiger partial charge in [0.1, 0.15) is 5.65 Å². The minimum absolute atomic E-state index is 0.192. The Morgan fingerprint density at radius 3 is 2.64 bits per heavy atom. The first kappa shape index (κ1) is 14.9. The van der Waals surface area contributed by atoms with E-state index in [0.717, 1.165) is 25.7 Å². The van der Waals surface area contributed by atoms with E-state index in [1.54, 1.807) is 0 Å². The first-order valence-electron chi connectivity index (χ1n) is 7.47. The Bertz CT molecular complexity index is 719. The highest BCUT2D eigenvalue weighted by Gasteiger charge is 2.38. The largest absolute Gasteiger partial charge is 0.435 e. The number of pyridine rings is 1. The molecule has 0 amide bonds. The van der Waals surface area contributed by atoms with Crippen molar-refractivity contribution in [2.45, 2.75) is 44.7 Å². The van der Waals surface area contributed by atoms with Gasteiger partial charge in [-0.25, -0.2) is 4.98 Å². The minimum Gasteiger partial charge on any atom is -0.303 e. The molecule has 0 radical (unpaired) electrons. The zero-order valence-corrected chi connectivity index (χ0v) is 12.0. The standard InChI is InChI=1S/C16H16F3N3/c17-16(18,19)15-13(8-11-4-2-1-3-5-11)22-7-6-12(10-20)9-14(22)21-15/h6-7,9,11H,1-5,8H2. The van der Waals surface area contributed by atoms with Crippen LogP contribution in [0.1, 0.15) is 49.1 Å². The number of hydrogen-bond donors (Lipinski definition) is 0. The Balaban J connectivity index is 2.06. The first-order chi connectivity index (χ1) is 10.5. The number of hydrogen-bond acceptors (Lipinski definition) is 2. The number of alkyl halides is 3. The summed E-state index contributed by atoms with van der Waals surface area (Å²) in [5, 5.41) is 8.88. The van der Waals surface area contributed by atoms with E-state index in [0.29, 0.717) is 12.0 Å². The molecule has 1 aliphatic rings. The Labute approximate surface area is 126 Å². The third-order valence-corrected chi connectivity index (χ3v) is 4.33. The van der Waals surface area contributed by atoms with Gasteiger partial charge in [0.15, 0.2) is 5.69 Å². The summed E-state index contributed by atoms with van der Waals surface area (Å²) < 4.78 is 41.3. The van der Waals surface area contributed by atoms with Gasteiger partial charge in [-0.05, 0) is 24.5 Å². The van der Waals surface area contributed by atoms with E-state index in [-0.39, 0.29) is 17.3 Å². The van der Waals surface area contributed by atoms with Crippen molar-refractivity contribution in [2.24, 2.45) is 5.92 Å². The predicted octanol–water partition coefficient (Wildman–Crippen LogP) is 4.35. The molecule has 22 heavy (non-hydrogen) atoms. The van der Waals surface area contributed by atoms with Gasteiger partial charge < -0.3 is 4.40 Å². The Morgan fingerprint density at radius 2 is 2.00 bits per heavy atom. The molecule has 0 N–H and O–H groups in total. The third-order valence-electron chi connectivity index (χ3n) is 4.33. The second-order valence-electron chi connectivity index (χ2n) is 5.87. The van der Waals surface area contributed by atoms with Crippen molar-refractivity contribution in [3.8, 4) is 6.07 Å². The molecule has 1 fully saturated rings. The van der Waals surface area contributed by atoms with Gasteiger partial charge in [0.05, 0.1) is 17.3 Å². The van der Waals surface area contributed by atoms with E-state index >= 15 is 0 Å². The number of halogens is 3. The summed E-state index contributed by atoms with van der Waals surface area (Å²) in [6.45, 7) is 0. The van der Waals surface area contributed by atoms with Crippen LogP contribution in [0.25, 0.3) is 5.65 Å². The van der Waals surface area contributed by atoms with Crippen molar-refractivity contribution in [1.29, 1.82) is 5.26 Å². The highest BCUT2D eigenvalue weighted by molar-refractivity contribution is 5.49. The summed E-state index contributed by atoms with van der Waals surface area (Å²) >= 11 is 0. The van der Waals surface area contributed by atoms with Crippen molar-refractivity contribution < 1.29 is 13.2 Å². The van der Waals surface area contributed by atoms with Crippen LogP contribution in [0.3, 0.4) is 0 Å². The smallest absolute Gasteiger partial charge is 0.303 e. The molecule has 116 valence electrons. The van der Waals surface area contributed by atoms with E-state index in [4.69, 9.17) is 5.26 Å². The van der Waals surface area contributed by atoms with Crippen molar-refractivity contribution in [3.05, 3.63) is 35.3 Å². The first-order valence-corrected chi connectivity index (χ1v) is 7.47. The molecule has 0 spiro atoms. The van der Waals surface area contributed by atoms with Crippen molar-refractivity contribution in [2.75, 3.05) is 0 Å². The maximum absolute atomic E-state index is 13.3. The molecule has 0 aliphatic heterocycles. The third kappa shape index (κ3) is 2.80. The zero-order chi connectivity index (χ0) is 15.7. The Morgan fingerprint density at radius 1 is 1.27 bits per heavy atom. The van der Waals surface area contributed by atoms with Gasteiger partial charge in [0, 0.05) is 6.20 Å². The molecule has 3 rings (SSSR count). The van der Waals surface area contributed by atoms with E-state index in [1.165, 1.54) is 29.2 Å². The van der Waals surface area contributed by atoms with Crippen molar-refractivity contribution >= 4 is 5.65 Å². The molecule has 3 nitrogen and oxygen atoms in total. The molecule has 2 aromatic heterocycles. The van der Waals surface area contributed by atoms with Crippen LogP contribution in [0.15, 0.2) is 18.3 Å². The summed E-state index contributed by atoms with van der Waals surface area (Å²) in [5.41, 5.74) is -0.0836. The molecule has 0 bridgehead atoms. The second kappa shape index (κ2) is 5.64. The van der Waals surface area contributed by atoms with E-state index in [2.05, 4.69) is 4.98 Å². The molecule has 0 aromatic carbocycles. The highest BCUT2D eigenvalue weighted by atomic mass is 19.4. The lowest BCUT2D eigenvalue weighted by atomic mass is 9.86. The van der Waals surface area contributed by atoms with Gasteiger partial charge in [0.2, 0.25) is 0 Å². The molecular weight excluding hydrogens is 291 g/mol. The molecule has 1 aliphatic carbocycles. The predicted molar refractivity (Wildman–Crippen MR) is 75.2 cm³/mol. The van der Waals surface area contributed by atoms with E-state index < -0.39 is 11.9 Å². The summed E-state index contributed by atoms with van der Waals surface area (Å²) in [5.74, 6) is 0.283. The molecule has 6 heteroatoms. The normalized spacial score (nSPS) is 16.8. The molecule has 0 saturated heterocycles. The Kier molecular flexibility index (Phi) is 3.81. The lowest BCUT2D eigenvalue weighted by molar-refractivity contribution is -0.141. The van der Waals surface area contributed by atoms with Crippen LogP contribution in [-0.4, -0.2) is 9.38 Å². The summed E-state index contributed by atoms with van der Waals surface area (Å²) in [6, 6.07) is 4.86. The molecule has 2 heterocycles. The summed E-state index contributed by atoms with van der Waals surface area (Å²) in [7, 11) is 0. The number of imidazole rings is 1.